The molecule has 1 heterocycles. The number of allylic oxidation sites excluding steroid dienone is 5. The summed E-state index contributed by atoms with van der Waals surface area (Å²) in [6.45, 7) is 2.07. The number of hydrogen-bond donors (Lipinski definition) is 3. The molecule has 5 nitrogen and oxygen atoms in total. The van der Waals surface area contributed by atoms with Crippen molar-refractivity contribution in [2.75, 3.05) is 13.1 Å². The Morgan fingerprint density at radius 2 is 1.70 bits per heavy atom. The maximum absolute atomic E-state index is 11.4. The van der Waals surface area contributed by atoms with Crippen LogP contribution in [0.15, 0.2) is 90.9 Å². The van der Waals surface area contributed by atoms with Crippen molar-refractivity contribution in [1.82, 2.24) is 15.6 Å². The minimum Gasteiger partial charge on any atom is -0.508 e. The molecule has 143 valence electrons. The van der Waals surface area contributed by atoms with E-state index in [2.05, 4.69) is 15.6 Å². The van der Waals surface area contributed by atoms with E-state index in [-0.39, 0.29) is 22.6 Å². The van der Waals surface area contributed by atoms with Gasteiger partial charge in [0.1, 0.15) is 5.75 Å². The van der Waals surface area contributed by atoms with Crippen molar-refractivity contribution in [2.45, 2.75) is 6.54 Å². The number of nitrogens with zero attached hydrogens (tertiary/aromatic N) is 1. The smallest absolute Gasteiger partial charge is 0.187 e. The number of benzene rings is 1. The molecule has 1 aliphatic rings. The van der Waals surface area contributed by atoms with Crippen molar-refractivity contribution in [3.63, 3.8) is 0 Å². The van der Waals surface area contributed by atoms with Crippen LogP contribution in [0.3, 0.4) is 0 Å². The molecule has 2 aromatic rings. The number of pyridine rings is 1. The summed E-state index contributed by atoms with van der Waals surface area (Å²) in [5.41, 5.74) is 1.54. The van der Waals surface area contributed by atoms with E-state index in [1.54, 1.807) is 49.0 Å². The zero-order chi connectivity index (χ0) is 18.5. The molecule has 0 unspecified atom stereocenters. The van der Waals surface area contributed by atoms with Gasteiger partial charge in [0.05, 0.1) is 0 Å². The molecule has 6 heteroatoms. The van der Waals surface area contributed by atoms with Gasteiger partial charge in [-0.2, -0.15) is 0 Å². The third kappa shape index (κ3) is 9.00. The molecule has 0 fully saturated rings. The summed E-state index contributed by atoms with van der Waals surface area (Å²) in [7, 11) is 0. The molecule has 27 heavy (non-hydrogen) atoms. The average molecular weight is 408 g/mol. The van der Waals surface area contributed by atoms with Crippen LogP contribution in [0.1, 0.15) is 5.56 Å². The van der Waals surface area contributed by atoms with E-state index >= 15 is 0 Å². The van der Waals surface area contributed by atoms with Crippen LogP contribution in [-0.4, -0.2) is 29.0 Å². The molecule has 0 saturated heterocycles. The topological polar surface area (TPSA) is 74.2 Å². The number of para-hydroxylation sites is 1. The fourth-order valence-corrected chi connectivity index (χ4v) is 2.14. The van der Waals surface area contributed by atoms with Crippen LogP contribution >= 0.6 is 0 Å². The molecule has 1 radical (unpaired) electrons. The van der Waals surface area contributed by atoms with Gasteiger partial charge in [-0.1, -0.05) is 36.4 Å². The summed E-state index contributed by atoms with van der Waals surface area (Å²) in [5, 5.41) is 15.9. The van der Waals surface area contributed by atoms with Crippen molar-refractivity contribution in [3.05, 3.63) is 96.5 Å². The molecule has 1 aromatic heterocycles. The van der Waals surface area contributed by atoms with Crippen LogP contribution in [0.5, 0.6) is 5.75 Å². The van der Waals surface area contributed by atoms with Gasteiger partial charge in [-0.25, -0.2) is 0 Å². The van der Waals surface area contributed by atoms with Gasteiger partial charge in [-0.05, 0) is 30.4 Å². The van der Waals surface area contributed by atoms with Gasteiger partial charge in [0.2, 0.25) is 0 Å². The normalized spacial score (nSPS) is 13.5. The maximum Gasteiger partial charge on any atom is 0.187 e. The quantitative estimate of drug-likeness (QED) is 0.506. The number of ketones is 1. The molecule has 0 saturated carbocycles. The first-order valence-electron chi connectivity index (χ1n) is 8.42. The van der Waals surface area contributed by atoms with Gasteiger partial charge in [-0.3, -0.25) is 9.78 Å². The Morgan fingerprint density at radius 3 is 2.33 bits per heavy atom. The van der Waals surface area contributed by atoms with E-state index in [0.29, 0.717) is 24.4 Å². The number of phenolic OH excluding ortho intramolecular Hbond substituents is 1. The standard InChI is InChI=1S/C16H18N2O2.C5H5N.Co/c19-15-7-3-1-5-13(15)11-17-9-10-18-12-14-6-2-4-8-16(14)20;1-2-4-6-5-3-1;/h1-8,11,17-18,20H,9-10,12H2;1-5H;/b13-11-;;. The Bertz CT molecular complexity index is 747. The third-order valence-corrected chi connectivity index (χ3v) is 3.50. The summed E-state index contributed by atoms with van der Waals surface area (Å²) in [6.07, 6.45) is 12.1. The number of carbonyl (C=O) groups excluding carboxylic acids is 1. The molecule has 0 aliphatic heterocycles. The first-order chi connectivity index (χ1) is 12.8. The summed E-state index contributed by atoms with van der Waals surface area (Å²) < 4.78 is 0. The zero-order valence-corrected chi connectivity index (χ0v) is 15.9. The molecule has 1 aromatic carbocycles. The number of rotatable bonds is 6. The van der Waals surface area contributed by atoms with Gasteiger partial charge in [0.15, 0.2) is 5.78 Å². The number of aromatic nitrogens is 1. The zero-order valence-electron chi connectivity index (χ0n) is 14.8. The number of hydrogen-bond acceptors (Lipinski definition) is 5. The van der Waals surface area contributed by atoms with Crippen molar-refractivity contribution in [1.29, 1.82) is 0 Å². The molecule has 0 amide bonds. The molecule has 1 aliphatic carbocycles. The van der Waals surface area contributed by atoms with Crippen molar-refractivity contribution >= 4 is 5.78 Å². The molecule has 0 atom stereocenters. The summed E-state index contributed by atoms with van der Waals surface area (Å²) >= 11 is 0. The van der Waals surface area contributed by atoms with Crippen LogP contribution in [0, 0.1) is 0 Å². The van der Waals surface area contributed by atoms with E-state index in [0.717, 1.165) is 12.1 Å². The SMILES string of the molecule is O=C1C=CC=C/C1=C/NCCNCc1ccccc1O.[Co].c1ccncc1. The van der Waals surface area contributed by atoms with E-state index in [9.17, 15) is 9.90 Å². The van der Waals surface area contributed by atoms with Gasteiger partial charge in [0, 0.05) is 66.1 Å². The van der Waals surface area contributed by atoms with Gasteiger partial charge >= 0.3 is 0 Å². The van der Waals surface area contributed by atoms with E-state index in [1.807, 2.05) is 36.4 Å². The Labute approximate surface area is 170 Å². The van der Waals surface area contributed by atoms with E-state index in [4.69, 9.17) is 0 Å². The Morgan fingerprint density at radius 1 is 0.963 bits per heavy atom. The minimum atomic E-state index is 0. The minimum absolute atomic E-state index is 0. The largest absolute Gasteiger partial charge is 0.508 e. The monoisotopic (exact) mass is 408 g/mol. The Hall–Kier alpha value is -2.67. The predicted octanol–water partition coefficient (Wildman–Crippen LogP) is 2.73. The third-order valence-electron chi connectivity index (χ3n) is 3.50. The van der Waals surface area contributed by atoms with Gasteiger partial charge in [0.25, 0.3) is 0 Å². The van der Waals surface area contributed by atoms with Crippen molar-refractivity contribution in [2.24, 2.45) is 0 Å². The number of aromatic hydroxyl groups is 1. The Balaban J connectivity index is 0.000000444. The second-order valence-corrected chi connectivity index (χ2v) is 5.47. The molecule has 3 rings (SSSR count). The maximum atomic E-state index is 11.4. The van der Waals surface area contributed by atoms with E-state index in [1.165, 1.54) is 0 Å². The average Bonchev–Trinajstić information content (AvgIpc) is 2.69. The summed E-state index contributed by atoms with van der Waals surface area (Å²) in [4.78, 5) is 15.2. The molecule has 3 N–H and O–H groups in total. The van der Waals surface area contributed by atoms with E-state index < -0.39 is 0 Å². The molecule has 0 bridgehead atoms. The fourth-order valence-electron chi connectivity index (χ4n) is 2.14. The first-order valence-corrected chi connectivity index (χ1v) is 8.42. The predicted molar refractivity (Wildman–Crippen MR) is 103 cm³/mol. The van der Waals surface area contributed by atoms with Crippen LogP contribution in [0.25, 0.3) is 0 Å². The van der Waals surface area contributed by atoms with Crippen LogP contribution in [-0.2, 0) is 28.1 Å². The van der Waals surface area contributed by atoms with Crippen LogP contribution < -0.4 is 10.6 Å². The number of carbonyl (C=O) groups is 1. The van der Waals surface area contributed by atoms with Crippen LogP contribution in [0.4, 0.5) is 0 Å². The van der Waals surface area contributed by atoms with Gasteiger partial charge in [-0.15, -0.1) is 0 Å². The Kier molecular flexibility index (Phi) is 11.2. The van der Waals surface area contributed by atoms with Gasteiger partial charge < -0.3 is 15.7 Å². The molecule has 0 spiro atoms. The number of phenols is 1. The number of nitrogens with one attached hydrogen (secondary N) is 2. The summed E-state index contributed by atoms with van der Waals surface area (Å²) in [6, 6.07) is 13.0. The van der Waals surface area contributed by atoms with Crippen molar-refractivity contribution in [3.8, 4) is 5.75 Å². The molecular weight excluding hydrogens is 385 g/mol. The second-order valence-electron chi connectivity index (χ2n) is 5.47. The van der Waals surface area contributed by atoms with Crippen LogP contribution in [0.2, 0.25) is 0 Å². The molecular formula is C21H23CoN3O2. The summed E-state index contributed by atoms with van der Waals surface area (Å²) in [5.74, 6) is 0.321. The second kappa shape index (κ2) is 13.5. The fraction of sp³-hybridized carbons (Fsp3) is 0.143. The first kappa shape index (κ1) is 22.4. The van der Waals surface area contributed by atoms with Crippen molar-refractivity contribution < 1.29 is 26.7 Å².